The van der Waals surface area contributed by atoms with Crippen LogP contribution in [0.4, 0.5) is 9.52 Å². The number of thiazole rings is 1. The van der Waals surface area contributed by atoms with E-state index < -0.39 is 11.9 Å². The van der Waals surface area contributed by atoms with Gasteiger partial charge in [0, 0.05) is 17.5 Å². The third-order valence-corrected chi connectivity index (χ3v) is 7.07. The van der Waals surface area contributed by atoms with Crippen LogP contribution in [0.25, 0.3) is 11.3 Å². The molecule has 11 heteroatoms. The molecular formula is C24H23ClFN5O2S2. The molecule has 2 aromatic heterocycles. The lowest BCUT2D eigenvalue weighted by Gasteiger charge is -2.16. The third-order valence-electron chi connectivity index (χ3n) is 5.05. The Morgan fingerprint density at radius 3 is 2.74 bits per heavy atom. The van der Waals surface area contributed by atoms with Crippen molar-refractivity contribution in [3.63, 3.8) is 0 Å². The van der Waals surface area contributed by atoms with Gasteiger partial charge in [-0.3, -0.25) is 4.79 Å². The average Bonchev–Trinajstić information content (AvgIpc) is 3.47. The van der Waals surface area contributed by atoms with Gasteiger partial charge < -0.3 is 14.6 Å². The number of benzene rings is 2. The molecule has 0 saturated heterocycles. The number of carbonyl (C=O) groups is 1. The number of aryl methyl sites for hydroxylation is 1. The van der Waals surface area contributed by atoms with Crippen LogP contribution in [0, 0.1) is 12.7 Å². The van der Waals surface area contributed by atoms with Crippen molar-refractivity contribution in [2.45, 2.75) is 38.6 Å². The number of rotatable bonds is 9. The fraction of sp³-hybridized carbons (Fsp3) is 0.250. The van der Waals surface area contributed by atoms with E-state index in [1.807, 2.05) is 55.0 Å². The van der Waals surface area contributed by atoms with Crippen molar-refractivity contribution < 1.29 is 13.9 Å². The summed E-state index contributed by atoms with van der Waals surface area (Å²) in [5.41, 5.74) is 3.00. The van der Waals surface area contributed by atoms with Gasteiger partial charge >= 0.3 is 0 Å². The first kappa shape index (κ1) is 25.2. The number of hydrogen-bond donors (Lipinski definition) is 1. The van der Waals surface area contributed by atoms with Gasteiger partial charge in [0.25, 0.3) is 0 Å². The molecular weight excluding hydrogens is 509 g/mol. The summed E-state index contributed by atoms with van der Waals surface area (Å²) in [6.07, 6.45) is -0.482. The van der Waals surface area contributed by atoms with E-state index in [-0.39, 0.29) is 16.7 Å². The normalized spacial score (nSPS) is 11.9. The van der Waals surface area contributed by atoms with Crippen molar-refractivity contribution in [2.24, 2.45) is 0 Å². The van der Waals surface area contributed by atoms with Gasteiger partial charge in [-0.1, -0.05) is 53.2 Å². The Hall–Kier alpha value is -2.95. The molecule has 4 rings (SSSR count). The molecule has 35 heavy (non-hydrogen) atoms. The van der Waals surface area contributed by atoms with Crippen LogP contribution in [0.2, 0.25) is 5.02 Å². The van der Waals surface area contributed by atoms with Crippen LogP contribution in [0.1, 0.15) is 31.3 Å². The fourth-order valence-corrected chi connectivity index (χ4v) is 5.05. The summed E-state index contributed by atoms with van der Waals surface area (Å²) in [4.78, 5) is 17.0. The number of hydrogen-bond acceptors (Lipinski definition) is 7. The van der Waals surface area contributed by atoms with Crippen molar-refractivity contribution in [2.75, 3.05) is 11.1 Å². The first-order valence-electron chi connectivity index (χ1n) is 10.8. The summed E-state index contributed by atoms with van der Waals surface area (Å²) in [5, 5.41) is 14.6. The highest BCUT2D eigenvalue weighted by atomic mass is 35.5. The number of thioether (sulfide) groups is 1. The molecule has 1 amide bonds. The maximum Gasteiger partial charge on any atom is 0.236 e. The van der Waals surface area contributed by atoms with E-state index in [1.54, 1.807) is 0 Å². The summed E-state index contributed by atoms with van der Waals surface area (Å²) in [6, 6.07) is 12.0. The minimum absolute atomic E-state index is 0.149. The Balaban J connectivity index is 1.36. The Kier molecular flexibility index (Phi) is 8.04. The first-order valence-corrected chi connectivity index (χ1v) is 13.1. The molecule has 2 aromatic carbocycles. The summed E-state index contributed by atoms with van der Waals surface area (Å²) < 4.78 is 21.1. The minimum atomic E-state index is -0.482. The van der Waals surface area contributed by atoms with Gasteiger partial charge in [0.2, 0.25) is 5.91 Å². The highest BCUT2D eigenvalue weighted by molar-refractivity contribution is 7.99. The Bertz CT molecular complexity index is 1330. The second-order valence-corrected chi connectivity index (χ2v) is 9.87. The lowest BCUT2D eigenvalue weighted by Crippen LogP contribution is -2.15. The lowest BCUT2D eigenvalue weighted by atomic mass is 10.1. The average molecular weight is 532 g/mol. The number of ether oxygens (including phenoxy) is 1. The molecule has 0 aliphatic heterocycles. The van der Waals surface area contributed by atoms with Crippen molar-refractivity contribution in [1.82, 2.24) is 19.7 Å². The quantitative estimate of drug-likeness (QED) is 0.252. The van der Waals surface area contributed by atoms with Crippen molar-refractivity contribution in [3.8, 4) is 17.0 Å². The Labute approximate surface area is 215 Å². The third kappa shape index (κ3) is 6.19. The molecule has 2 heterocycles. The maximum atomic E-state index is 13.3. The van der Waals surface area contributed by atoms with E-state index in [0.29, 0.717) is 28.4 Å². The number of halogens is 2. The Morgan fingerprint density at radius 1 is 1.26 bits per heavy atom. The van der Waals surface area contributed by atoms with Crippen LogP contribution in [0.15, 0.2) is 53.0 Å². The number of aromatic nitrogens is 4. The smallest absolute Gasteiger partial charge is 0.236 e. The monoisotopic (exact) mass is 531 g/mol. The first-order chi connectivity index (χ1) is 16.8. The van der Waals surface area contributed by atoms with Gasteiger partial charge in [0.1, 0.15) is 11.6 Å². The summed E-state index contributed by atoms with van der Waals surface area (Å²) in [6.45, 7) is 6.39. The highest BCUT2D eigenvalue weighted by Crippen LogP contribution is 2.30. The predicted molar refractivity (Wildman–Crippen MR) is 138 cm³/mol. The van der Waals surface area contributed by atoms with Crippen LogP contribution in [0.3, 0.4) is 0 Å². The summed E-state index contributed by atoms with van der Waals surface area (Å²) in [7, 11) is 0. The zero-order valence-electron chi connectivity index (χ0n) is 19.3. The van der Waals surface area contributed by atoms with Gasteiger partial charge in [-0.15, -0.1) is 21.5 Å². The standard InChI is InChI=1S/C24H23ClFN5O2S2/c1-4-31-22(15(3)33-20-10-9-17(26)11-18(20)25)29-30-24(31)35-13-21(32)28-23-27-19(12-34-23)16-7-5-14(2)6-8-16/h5-12,15H,4,13H2,1-3H3,(H,27,28,32). The van der Waals surface area contributed by atoms with E-state index in [9.17, 15) is 9.18 Å². The zero-order chi connectivity index (χ0) is 24.9. The van der Waals surface area contributed by atoms with Crippen molar-refractivity contribution in [1.29, 1.82) is 0 Å². The molecule has 0 saturated carbocycles. The number of amides is 1. The summed E-state index contributed by atoms with van der Waals surface area (Å²) >= 11 is 8.73. The van der Waals surface area contributed by atoms with E-state index in [0.717, 1.165) is 11.3 Å². The van der Waals surface area contributed by atoms with Crippen LogP contribution in [-0.4, -0.2) is 31.4 Å². The van der Waals surface area contributed by atoms with Gasteiger partial charge in [0.05, 0.1) is 16.5 Å². The summed E-state index contributed by atoms with van der Waals surface area (Å²) in [5.74, 6) is 0.463. The van der Waals surface area contributed by atoms with E-state index in [2.05, 4.69) is 20.5 Å². The molecule has 0 aliphatic carbocycles. The second-order valence-electron chi connectivity index (χ2n) is 7.66. The fourth-order valence-electron chi connectivity index (χ4n) is 3.29. The topological polar surface area (TPSA) is 81.9 Å². The molecule has 0 fully saturated rings. The molecule has 1 N–H and O–H groups in total. The molecule has 0 bridgehead atoms. The maximum absolute atomic E-state index is 13.3. The number of anilines is 1. The van der Waals surface area contributed by atoms with Crippen LogP contribution >= 0.6 is 34.7 Å². The Morgan fingerprint density at radius 2 is 2.03 bits per heavy atom. The van der Waals surface area contributed by atoms with Gasteiger partial charge in [-0.25, -0.2) is 9.37 Å². The van der Waals surface area contributed by atoms with Crippen molar-refractivity contribution in [3.05, 3.63) is 70.1 Å². The van der Waals surface area contributed by atoms with Crippen LogP contribution in [-0.2, 0) is 11.3 Å². The van der Waals surface area contributed by atoms with Crippen LogP contribution < -0.4 is 10.1 Å². The molecule has 1 unspecified atom stereocenters. The number of carbonyl (C=O) groups excluding carboxylic acids is 1. The molecule has 0 spiro atoms. The van der Waals surface area contributed by atoms with Gasteiger partial charge in [-0.05, 0) is 39.0 Å². The lowest BCUT2D eigenvalue weighted by molar-refractivity contribution is -0.113. The van der Waals surface area contributed by atoms with E-state index in [1.165, 1.54) is 46.9 Å². The van der Waals surface area contributed by atoms with Crippen molar-refractivity contribution >= 4 is 45.7 Å². The number of nitrogens with one attached hydrogen (secondary N) is 1. The molecule has 182 valence electrons. The molecule has 7 nitrogen and oxygen atoms in total. The molecule has 4 aromatic rings. The van der Waals surface area contributed by atoms with Gasteiger partial charge in [-0.2, -0.15) is 0 Å². The SMILES string of the molecule is CCn1c(SCC(=O)Nc2nc(-c3ccc(C)cc3)cs2)nnc1C(C)Oc1ccc(F)cc1Cl. The van der Waals surface area contributed by atoms with Crippen LogP contribution in [0.5, 0.6) is 5.75 Å². The van der Waals surface area contributed by atoms with E-state index in [4.69, 9.17) is 16.3 Å². The zero-order valence-corrected chi connectivity index (χ0v) is 21.7. The minimum Gasteiger partial charge on any atom is -0.481 e. The molecule has 0 radical (unpaired) electrons. The predicted octanol–water partition coefficient (Wildman–Crippen LogP) is 6.39. The highest BCUT2D eigenvalue weighted by Gasteiger charge is 2.20. The number of nitrogens with zero attached hydrogens (tertiary/aromatic N) is 4. The van der Waals surface area contributed by atoms with Gasteiger partial charge in [0.15, 0.2) is 22.2 Å². The molecule has 0 aliphatic rings. The largest absolute Gasteiger partial charge is 0.481 e. The second kappa shape index (κ2) is 11.2. The molecule has 1 atom stereocenters. The van der Waals surface area contributed by atoms with E-state index >= 15 is 0 Å².